The molecule has 0 bridgehead atoms. The van der Waals surface area contributed by atoms with Crippen molar-refractivity contribution >= 4 is 5.97 Å². The highest BCUT2D eigenvalue weighted by Gasteiger charge is 2.33. The second-order valence-corrected chi connectivity index (χ2v) is 7.19. The summed E-state index contributed by atoms with van der Waals surface area (Å²) in [4.78, 5) is 12.5. The predicted octanol–water partition coefficient (Wildman–Crippen LogP) is 5.24. The van der Waals surface area contributed by atoms with Crippen molar-refractivity contribution < 1.29 is 19.7 Å². The van der Waals surface area contributed by atoms with E-state index < -0.39 is 5.97 Å². The van der Waals surface area contributed by atoms with Crippen molar-refractivity contribution in [1.29, 1.82) is 0 Å². The number of hydrogen-bond acceptors (Lipinski definition) is 4. The smallest absolute Gasteiger partial charge is 0.342 e. The van der Waals surface area contributed by atoms with Crippen LogP contribution in [-0.4, -0.2) is 22.8 Å². The maximum Gasteiger partial charge on any atom is 0.342 e. The summed E-state index contributed by atoms with van der Waals surface area (Å²) < 4.78 is 5.16. The monoisotopic (exact) mass is 358 g/mol. The maximum absolute atomic E-state index is 12.5. The Hall–Kier alpha value is -2.23. The first kappa shape index (κ1) is 20.1. The molecule has 1 aromatic rings. The Balaban J connectivity index is 2.68. The Bertz CT molecular complexity index is 730. The van der Waals surface area contributed by atoms with E-state index in [4.69, 9.17) is 4.74 Å². The average molecular weight is 358 g/mol. The van der Waals surface area contributed by atoms with Crippen LogP contribution < -0.4 is 0 Å². The zero-order valence-corrected chi connectivity index (χ0v) is 16.3. The zero-order valence-electron chi connectivity index (χ0n) is 16.3. The molecule has 2 rings (SSSR count). The molecule has 0 aromatic heterocycles. The van der Waals surface area contributed by atoms with Gasteiger partial charge in [0.2, 0.25) is 0 Å². The van der Waals surface area contributed by atoms with Crippen LogP contribution in [0.4, 0.5) is 0 Å². The third kappa shape index (κ3) is 3.95. The fourth-order valence-electron chi connectivity index (χ4n) is 3.86. The number of hydrogen-bond donors (Lipinski definition) is 2. The highest BCUT2D eigenvalue weighted by Crippen LogP contribution is 2.48. The van der Waals surface area contributed by atoms with Crippen LogP contribution in [0.15, 0.2) is 29.9 Å². The molecule has 2 N–H and O–H groups in total. The summed E-state index contributed by atoms with van der Waals surface area (Å²) in [7, 11) is 0. The quantitative estimate of drug-likeness (QED) is 0.539. The molecule has 26 heavy (non-hydrogen) atoms. The first-order valence-corrected chi connectivity index (χ1v) is 9.39. The number of aryl methyl sites for hydroxylation is 1. The van der Waals surface area contributed by atoms with E-state index in [1.807, 2.05) is 20.8 Å². The number of allylic oxidation sites excluding steroid dienone is 3. The molecule has 0 spiro atoms. The van der Waals surface area contributed by atoms with Gasteiger partial charge in [0.1, 0.15) is 17.1 Å². The Morgan fingerprint density at radius 3 is 2.62 bits per heavy atom. The van der Waals surface area contributed by atoms with Crippen LogP contribution in [-0.2, 0) is 11.2 Å². The predicted molar refractivity (Wildman–Crippen MR) is 104 cm³/mol. The lowest BCUT2D eigenvalue weighted by molar-refractivity contribution is 0.0521. The van der Waals surface area contributed by atoms with Gasteiger partial charge in [0, 0.05) is 11.5 Å². The van der Waals surface area contributed by atoms with E-state index in [-0.39, 0.29) is 35.5 Å². The molecular formula is C22H30O4. The van der Waals surface area contributed by atoms with Crippen LogP contribution >= 0.6 is 0 Å². The van der Waals surface area contributed by atoms with Crippen LogP contribution in [0.25, 0.3) is 0 Å². The molecule has 0 saturated carbocycles. The molecule has 0 aliphatic heterocycles. The molecule has 142 valence electrons. The molecule has 4 nitrogen and oxygen atoms in total. The molecule has 0 amide bonds. The standard InChI is InChI=1S/C22H30O4/c1-6-8-15-12-18(23)20(21(24)19(15)22(25)26-7-2)17-11-14(5)9-10-16(17)13(3)4/h11-12,16-17,23-24H,3,6-10H2,1-2,4-5H3/t16-,17+/m1/s1. The van der Waals surface area contributed by atoms with Crippen molar-refractivity contribution in [3.63, 3.8) is 0 Å². The van der Waals surface area contributed by atoms with E-state index in [1.165, 1.54) is 5.57 Å². The van der Waals surface area contributed by atoms with Crippen LogP contribution in [0.2, 0.25) is 0 Å². The number of carbonyl (C=O) groups excluding carboxylic acids is 1. The van der Waals surface area contributed by atoms with Crippen LogP contribution in [0, 0.1) is 5.92 Å². The number of esters is 1. The summed E-state index contributed by atoms with van der Waals surface area (Å²) in [5, 5.41) is 21.7. The third-order valence-electron chi connectivity index (χ3n) is 5.11. The van der Waals surface area contributed by atoms with E-state index in [0.717, 1.165) is 24.8 Å². The molecule has 1 aromatic carbocycles. The Morgan fingerprint density at radius 1 is 1.35 bits per heavy atom. The first-order chi connectivity index (χ1) is 12.3. The van der Waals surface area contributed by atoms with Gasteiger partial charge in [0.25, 0.3) is 0 Å². The zero-order chi connectivity index (χ0) is 19.4. The largest absolute Gasteiger partial charge is 0.507 e. The Kier molecular flexibility index (Phi) is 6.52. The van der Waals surface area contributed by atoms with Gasteiger partial charge in [0.05, 0.1) is 6.61 Å². The molecular weight excluding hydrogens is 328 g/mol. The van der Waals surface area contributed by atoms with E-state index in [2.05, 4.69) is 12.7 Å². The van der Waals surface area contributed by atoms with E-state index in [1.54, 1.807) is 13.0 Å². The van der Waals surface area contributed by atoms with E-state index >= 15 is 0 Å². The molecule has 0 unspecified atom stereocenters. The first-order valence-electron chi connectivity index (χ1n) is 9.39. The number of aromatic hydroxyl groups is 2. The van der Waals surface area contributed by atoms with Gasteiger partial charge in [-0.1, -0.05) is 37.1 Å². The maximum atomic E-state index is 12.5. The van der Waals surface area contributed by atoms with Gasteiger partial charge in [-0.3, -0.25) is 0 Å². The summed E-state index contributed by atoms with van der Waals surface area (Å²) in [6.07, 6.45) is 5.33. The number of carbonyl (C=O) groups is 1. The number of rotatable bonds is 6. The van der Waals surface area contributed by atoms with Crippen molar-refractivity contribution in [2.24, 2.45) is 5.92 Å². The summed E-state index contributed by atoms with van der Waals surface area (Å²) in [6, 6.07) is 1.61. The molecule has 1 aliphatic carbocycles. The van der Waals surface area contributed by atoms with Gasteiger partial charge in [0.15, 0.2) is 0 Å². The molecule has 4 heteroatoms. The number of phenols is 2. The highest BCUT2D eigenvalue weighted by atomic mass is 16.5. The van der Waals surface area contributed by atoms with Crippen LogP contribution in [0.5, 0.6) is 11.5 Å². The lowest BCUT2D eigenvalue weighted by atomic mass is 9.73. The van der Waals surface area contributed by atoms with Crippen molar-refractivity contribution in [2.45, 2.75) is 59.3 Å². The van der Waals surface area contributed by atoms with Gasteiger partial charge in [-0.2, -0.15) is 0 Å². The SMILES string of the molecule is C=C(C)[C@H]1CCC(C)=C[C@@H]1c1c(O)cc(CCC)c(C(=O)OCC)c1O. The minimum Gasteiger partial charge on any atom is -0.507 e. The van der Waals surface area contributed by atoms with Crippen LogP contribution in [0.3, 0.4) is 0 Å². The number of benzene rings is 1. The fourth-order valence-corrected chi connectivity index (χ4v) is 3.86. The second-order valence-electron chi connectivity index (χ2n) is 7.19. The minimum atomic E-state index is -0.543. The molecule has 0 saturated heterocycles. The van der Waals surface area contributed by atoms with Gasteiger partial charge in [-0.15, -0.1) is 0 Å². The summed E-state index contributed by atoms with van der Waals surface area (Å²) in [6.45, 7) is 12.1. The number of phenolic OH excluding ortho intramolecular Hbond substituents is 2. The van der Waals surface area contributed by atoms with Gasteiger partial charge < -0.3 is 14.9 Å². The van der Waals surface area contributed by atoms with E-state index in [9.17, 15) is 15.0 Å². The minimum absolute atomic E-state index is 0.0289. The average Bonchev–Trinajstić information content (AvgIpc) is 2.54. The molecule has 0 radical (unpaired) electrons. The number of ether oxygens (including phenoxy) is 1. The van der Waals surface area contributed by atoms with Crippen LogP contribution in [0.1, 0.15) is 74.4 Å². The van der Waals surface area contributed by atoms with Crippen molar-refractivity contribution in [3.05, 3.63) is 46.6 Å². The summed E-state index contributed by atoms with van der Waals surface area (Å²) in [5.41, 5.74) is 3.42. The second kappa shape index (κ2) is 8.43. The van der Waals surface area contributed by atoms with Gasteiger partial charge >= 0.3 is 5.97 Å². The molecule has 2 atom stereocenters. The van der Waals surface area contributed by atoms with Crippen molar-refractivity contribution in [3.8, 4) is 11.5 Å². The topological polar surface area (TPSA) is 66.8 Å². The van der Waals surface area contributed by atoms with Gasteiger partial charge in [-0.25, -0.2) is 4.79 Å². The fraction of sp³-hybridized carbons (Fsp3) is 0.500. The summed E-state index contributed by atoms with van der Waals surface area (Å²) in [5.74, 6) is -0.763. The Morgan fingerprint density at radius 2 is 2.04 bits per heavy atom. The van der Waals surface area contributed by atoms with E-state index in [0.29, 0.717) is 17.5 Å². The highest BCUT2D eigenvalue weighted by molar-refractivity contribution is 5.95. The summed E-state index contributed by atoms with van der Waals surface area (Å²) >= 11 is 0. The lowest BCUT2D eigenvalue weighted by Gasteiger charge is -2.32. The van der Waals surface area contributed by atoms with Crippen molar-refractivity contribution in [1.82, 2.24) is 0 Å². The van der Waals surface area contributed by atoms with Gasteiger partial charge in [-0.05, 0) is 57.6 Å². The van der Waals surface area contributed by atoms with Crippen molar-refractivity contribution in [2.75, 3.05) is 6.61 Å². The lowest BCUT2D eigenvalue weighted by Crippen LogP contribution is -2.18. The third-order valence-corrected chi connectivity index (χ3v) is 5.11. The molecule has 1 aliphatic rings. The molecule has 0 fully saturated rings. The molecule has 0 heterocycles. The Labute approximate surface area is 156 Å². The normalized spacial score (nSPS) is 19.8.